The summed E-state index contributed by atoms with van der Waals surface area (Å²) in [6, 6.07) is 17.6. The molecule has 0 saturated heterocycles. The van der Waals surface area contributed by atoms with Crippen molar-refractivity contribution in [2.45, 2.75) is 39.0 Å². The predicted molar refractivity (Wildman–Crippen MR) is 165 cm³/mol. The quantitative estimate of drug-likeness (QED) is 0.239. The van der Waals surface area contributed by atoms with Gasteiger partial charge in [0, 0.05) is 48.9 Å². The Morgan fingerprint density at radius 3 is 2.52 bits per heavy atom. The molecular weight excluding hydrogens is 550 g/mol. The third-order valence-electron chi connectivity index (χ3n) is 6.75. The normalized spacial score (nSPS) is 12.3. The molecular formula is C32H37N5O4S. The number of rotatable bonds is 13. The number of amides is 2. The van der Waals surface area contributed by atoms with Crippen LogP contribution in [0.4, 0.5) is 5.69 Å². The fourth-order valence-corrected chi connectivity index (χ4v) is 5.37. The van der Waals surface area contributed by atoms with Crippen LogP contribution in [0.15, 0.2) is 78.4 Å². The van der Waals surface area contributed by atoms with Gasteiger partial charge in [-0.05, 0) is 44.0 Å². The molecule has 0 aliphatic carbocycles. The van der Waals surface area contributed by atoms with E-state index < -0.39 is 12.1 Å². The van der Waals surface area contributed by atoms with Crippen LogP contribution in [0.5, 0.6) is 5.75 Å². The van der Waals surface area contributed by atoms with Gasteiger partial charge in [0.25, 0.3) is 11.8 Å². The summed E-state index contributed by atoms with van der Waals surface area (Å²) in [5.41, 5.74) is 3.43. The van der Waals surface area contributed by atoms with Crippen molar-refractivity contribution in [1.29, 1.82) is 0 Å². The molecule has 0 aliphatic rings. The number of hydrogen-bond donors (Lipinski definition) is 2. The second-order valence-electron chi connectivity index (χ2n) is 10.2. The number of pyridine rings is 1. The van der Waals surface area contributed by atoms with Crippen molar-refractivity contribution in [3.05, 3.63) is 106 Å². The topological polar surface area (TPSA) is 108 Å². The molecule has 10 heteroatoms. The molecule has 0 spiro atoms. The lowest BCUT2D eigenvalue weighted by molar-refractivity contribution is 0.0784. The molecule has 2 amide bonds. The van der Waals surface area contributed by atoms with Gasteiger partial charge in [-0.1, -0.05) is 36.4 Å². The van der Waals surface area contributed by atoms with Crippen LogP contribution < -0.4 is 15.0 Å². The number of aliphatic hydroxyl groups is 1. The van der Waals surface area contributed by atoms with E-state index in [4.69, 9.17) is 4.74 Å². The van der Waals surface area contributed by atoms with Crippen molar-refractivity contribution in [3.8, 4) is 5.75 Å². The molecule has 4 aromatic rings. The van der Waals surface area contributed by atoms with Crippen molar-refractivity contribution < 1.29 is 19.4 Å². The summed E-state index contributed by atoms with van der Waals surface area (Å²) < 4.78 is 5.56. The van der Waals surface area contributed by atoms with Crippen LogP contribution in [-0.2, 0) is 13.0 Å². The molecule has 2 heterocycles. The van der Waals surface area contributed by atoms with Crippen molar-refractivity contribution in [1.82, 2.24) is 20.2 Å². The highest BCUT2D eigenvalue weighted by molar-refractivity contribution is 7.09. The second-order valence-corrected chi connectivity index (χ2v) is 11.1. The monoisotopic (exact) mass is 587 g/mol. The van der Waals surface area contributed by atoms with Gasteiger partial charge in [-0.15, -0.1) is 11.3 Å². The van der Waals surface area contributed by atoms with Crippen LogP contribution >= 0.6 is 11.3 Å². The number of benzene rings is 2. The van der Waals surface area contributed by atoms with Crippen LogP contribution in [-0.4, -0.2) is 71.2 Å². The van der Waals surface area contributed by atoms with Crippen molar-refractivity contribution in [2.24, 2.45) is 0 Å². The first-order valence-corrected chi connectivity index (χ1v) is 14.7. The zero-order chi connectivity index (χ0) is 30.1. The lowest BCUT2D eigenvalue weighted by atomic mass is 9.99. The third-order valence-corrected chi connectivity index (χ3v) is 7.70. The standard InChI is InChI=1S/C32H37N5O4S/c1-5-41-27-16-26(17-33-18-27)36(3)19-29(38)28(14-23-10-7-6-8-11-23)35-31(39)24-12-9-13-25(15-24)32(40)37(4)20-30-34-22(2)21-42-30/h6-13,15-18,21,28-29,38H,5,14,19-20H2,1-4H3,(H,35,39)/t28-,29+/m0/s1. The third kappa shape index (κ3) is 8.37. The summed E-state index contributed by atoms with van der Waals surface area (Å²) in [7, 11) is 3.57. The van der Waals surface area contributed by atoms with Crippen LogP contribution in [0.2, 0.25) is 0 Å². The second kappa shape index (κ2) is 14.6. The molecule has 0 saturated carbocycles. The number of anilines is 1. The molecule has 9 nitrogen and oxygen atoms in total. The van der Waals surface area contributed by atoms with E-state index in [2.05, 4.69) is 15.3 Å². The smallest absolute Gasteiger partial charge is 0.253 e. The number of carbonyl (C=O) groups is 2. The lowest BCUT2D eigenvalue weighted by Crippen LogP contribution is -2.49. The van der Waals surface area contributed by atoms with E-state index in [1.165, 1.54) is 11.3 Å². The minimum Gasteiger partial charge on any atom is -0.492 e. The zero-order valence-corrected chi connectivity index (χ0v) is 25.2. The van der Waals surface area contributed by atoms with Crippen molar-refractivity contribution in [3.63, 3.8) is 0 Å². The maximum Gasteiger partial charge on any atom is 0.253 e. The summed E-state index contributed by atoms with van der Waals surface area (Å²) in [6.45, 7) is 4.98. The van der Waals surface area contributed by atoms with Crippen LogP contribution in [0.3, 0.4) is 0 Å². The summed E-state index contributed by atoms with van der Waals surface area (Å²) in [5, 5.41) is 17.2. The van der Waals surface area contributed by atoms with Gasteiger partial charge in [0.15, 0.2) is 0 Å². The Labute approximate surface area is 250 Å². The molecule has 2 atom stereocenters. The predicted octanol–water partition coefficient (Wildman–Crippen LogP) is 4.36. The van der Waals surface area contributed by atoms with Crippen molar-refractivity contribution in [2.75, 3.05) is 32.1 Å². The Bertz CT molecular complexity index is 1480. The van der Waals surface area contributed by atoms with E-state index in [9.17, 15) is 14.7 Å². The maximum atomic E-state index is 13.5. The van der Waals surface area contributed by atoms with E-state index >= 15 is 0 Å². The largest absolute Gasteiger partial charge is 0.492 e. The van der Waals surface area contributed by atoms with E-state index in [1.807, 2.05) is 67.6 Å². The van der Waals surface area contributed by atoms with Gasteiger partial charge in [0.2, 0.25) is 0 Å². The Morgan fingerprint density at radius 1 is 1.05 bits per heavy atom. The molecule has 0 fully saturated rings. The van der Waals surface area contributed by atoms with Crippen molar-refractivity contribution >= 4 is 28.8 Å². The highest BCUT2D eigenvalue weighted by Gasteiger charge is 2.25. The highest BCUT2D eigenvalue weighted by Crippen LogP contribution is 2.20. The summed E-state index contributed by atoms with van der Waals surface area (Å²) in [4.78, 5) is 38.7. The summed E-state index contributed by atoms with van der Waals surface area (Å²) in [5.74, 6) is 0.0701. The Kier molecular flexibility index (Phi) is 10.6. The number of ether oxygens (including phenoxy) is 1. The Morgan fingerprint density at radius 2 is 1.81 bits per heavy atom. The first-order valence-electron chi connectivity index (χ1n) is 13.8. The first kappa shape index (κ1) is 30.7. The zero-order valence-electron chi connectivity index (χ0n) is 24.4. The molecule has 0 aliphatic heterocycles. The van der Waals surface area contributed by atoms with Gasteiger partial charge >= 0.3 is 0 Å². The Hall–Kier alpha value is -4.28. The lowest BCUT2D eigenvalue weighted by Gasteiger charge is -2.29. The average molecular weight is 588 g/mol. The fraction of sp³-hybridized carbons (Fsp3) is 0.312. The fourth-order valence-electron chi connectivity index (χ4n) is 4.54. The molecule has 42 heavy (non-hydrogen) atoms. The first-order chi connectivity index (χ1) is 20.2. The minimum atomic E-state index is -0.910. The number of likely N-dealkylation sites (N-methyl/N-ethyl adjacent to an activating group) is 1. The van der Waals surface area contributed by atoms with Gasteiger partial charge in [0.1, 0.15) is 10.8 Å². The van der Waals surface area contributed by atoms with Crippen LogP contribution in [0.1, 0.15) is 43.9 Å². The maximum absolute atomic E-state index is 13.5. The molecule has 220 valence electrons. The minimum absolute atomic E-state index is 0.206. The number of nitrogens with one attached hydrogen (secondary N) is 1. The van der Waals surface area contributed by atoms with Gasteiger partial charge in [-0.3, -0.25) is 14.6 Å². The van der Waals surface area contributed by atoms with E-state index in [0.717, 1.165) is 22.0 Å². The molecule has 0 bridgehead atoms. The van der Waals surface area contributed by atoms with Gasteiger partial charge < -0.3 is 25.0 Å². The van der Waals surface area contributed by atoms with Gasteiger partial charge in [-0.2, -0.15) is 0 Å². The molecule has 4 rings (SSSR count). The van der Waals surface area contributed by atoms with Gasteiger partial charge in [0.05, 0.1) is 43.4 Å². The number of aliphatic hydroxyl groups excluding tert-OH is 1. The molecule has 0 radical (unpaired) electrons. The highest BCUT2D eigenvalue weighted by atomic mass is 32.1. The number of aryl methyl sites for hydroxylation is 1. The number of carbonyl (C=O) groups excluding carboxylic acids is 2. The van der Waals surface area contributed by atoms with Crippen LogP contribution in [0.25, 0.3) is 0 Å². The van der Waals surface area contributed by atoms with E-state index in [0.29, 0.717) is 36.4 Å². The summed E-state index contributed by atoms with van der Waals surface area (Å²) >= 11 is 1.51. The number of hydrogen-bond acceptors (Lipinski definition) is 8. The van der Waals surface area contributed by atoms with E-state index in [1.54, 1.807) is 48.6 Å². The number of aromatic nitrogens is 2. The molecule has 2 aromatic carbocycles. The molecule has 0 unspecified atom stereocenters. The molecule has 2 N–H and O–H groups in total. The average Bonchev–Trinajstić information content (AvgIpc) is 3.41. The van der Waals surface area contributed by atoms with Gasteiger partial charge in [-0.25, -0.2) is 4.98 Å². The summed E-state index contributed by atoms with van der Waals surface area (Å²) in [6.07, 6.45) is 2.86. The number of thiazole rings is 1. The Balaban J connectivity index is 1.48. The number of nitrogens with zero attached hydrogens (tertiary/aromatic N) is 4. The SMILES string of the molecule is CCOc1cncc(N(C)C[C@@H](O)[C@H](Cc2ccccc2)NC(=O)c2cccc(C(=O)N(C)Cc3nc(C)cs3)c2)c1. The van der Waals surface area contributed by atoms with Crippen LogP contribution in [0, 0.1) is 6.92 Å². The molecule has 2 aromatic heterocycles. The van der Waals surface area contributed by atoms with E-state index in [-0.39, 0.29) is 18.4 Å².